The molecule has 0 N–H and O–H groups in total. The van der Waals surface area contributed by atoms with E-state index >= 15 is 0 Å². The monoisotopic (exact) mass is 401 g/mol. The van der Waals surface area contributed by atoms with Gasteiger partial charge in [-0.3, -0.25) is 4.79 Å². The highest BCUT2D eigenvalue weighted by atomic mass is 79.9. The van der Waals surface area contributed by atoms with Gasteiger partial charge in [0.25, 0.3) is 0 Å². The second-order valence-corrected chi connectivity index (χ2v) is 5.78. The smallest absolute Gasteiger partial charge is 0.207 e. The predicted octanol–water partition coefficient (Wildman–Crippen LogP) is 4.26. The highest BCUT2D eigenvalue weighted by Crippen LogP contribution is 2.34. The zero-order valence-electron chi connectivity index (χ0n) is 14.0. The summed E-state index contributed by atoms with van der Waals surface area (Å²) in [6.45, 7) is 0. The van der Waals surface area contributed by atoms with Crippen LogP contribution in [0.4, 0.5) is 0 Å². The van der Waals surface area contributed by atoms with Crippen molar-refractivity contribution in [2.75, 3.05) is 21.3 Å². The number of benzene rings is 2. The number of hydrogen-bond donors (Lipinski definition) is 0. The fourth-order valence-electron chi connectivity index (χ4n) is 2.26. The molecule has 2 aromatic carbocycles. The van der Waals surface area contributed by atoms with E-state index in [0.29, 0.717) is 32.8 Å². The van der Waals surface area contributed by atoms with E-state index < -0.39 is 5.78 Å². The van der Waals surface area contributed by atoms with Crippen molar-refractivity contribution in [2.24, 2.45) is 0 Å². The molecule has 5 nitrogen and oxygen atoms in total. The topological polar surface area (TPSA) is 68.5 Å². The fourth-order valence-corrected chi connectivity index (χ4v) is 2.70. The lowest BCUT2D eigenvalue weighted by Gasteiger charge is -2.10. The first-order chi connectivity index (χ1) is 12.0. The zero-order chi connectivity index (χ0) is 18.4. The number of carbonyl (C=O) groups is 1. The molecule has 0 unspecified atom stereocenters. The summed E-state index contributed by atoms with van der Waals surface area (Å²) in [7, 11) is 4.53. The van der Waals surface area contributed by atoms with Crippen molar-refractivity contribution in [3.63, 3.8) is 0 Å². The van der Waals surface area contributed by atoms with Crippen molar-refractivity contribution in [3.05, 3.63) is 57.6 Å². The van der Waals surface area contributed by atoms with Gasteiger partial charge in [0.05, 0.1) is 26.9 Å². The first kappa shape index (κ1) is 18.6. The van der Waals surface area contributed by atoms with Crippen LogP contribution in [0, 0.1) is 11.3 Å². The van der Waals surface area contributed by atoms with E-state index in [1.54, 1.807) is 36.4 Å². The molecule has 0 spiro atoms. The van der Waals surface area contributed by atoms with Gasteiger partial charge in [-0.15, -0.1) is 0 Å². The minimum Gasteiger partial charge on any atom is -0.496 e. The third-order valence-corrected chi connectivity index (χ3v) is 4.21. The molecule has 0 heterocycles. The van der Waals surface area contributed by atoms with Crippen molar-refractivity contribution in [1.82, 2.24) is 0 Å². The molecule has 0 radical (unpaired) electrons. The second-order valence-electron chi connectivity index (χ2n) is 4.93. The van der Waals surface area contributed by atoms with Crippen molar-refractivity contribution in [3.8, 4) is 23.3 Å². The maximum atomic E-state index is 12.7. The summed E-state index contributed by atoms with van der Waals surface area (Å²) < 4.78 is 16.4. The van der Waals surface area contributed by atoms with Gasteiger partial charge < -0.3 is 14.2 Å². The van der Waals surface area contributed by atoms with Crippen LogP contribution < -0.4 is 14.2 Å². The van der Waals surface area contributed by atoms with Crippen LogP contribution in [0.3, 0.4) is 0 Å². The SMILES string of the molecule is COc1cc(Br)c(C=C(C#N)C(=O)c2ccccc2OC)cc1OC. The van der Waals surface area contributed by atoms with Gasteiger partial charge in [0.15, 0.2) is 11.5 Å². The molecule has 0 atom stereocenters. The predicted molar refractivity (Wildman–Crippen MR) is 98.2 cm³/mol. The maximum absolute atomic E-state index is 12.7. The molecule has 0 amide bonds. The van der Waals surface area contributed by atoms with Gasteiger partial charge in [-0.1, -0.05) is 28.1 Å². The number of hydrogen-bond acceptors (Lipinski definition) is 5. The lowest BCUT2D eigenvalue weighted by Crippen LogP contribution is -2.04. The maximum Gasteiger partial charge on any atom is 0.207 e. The lowest BCUT2D eigenvalue weighted by molar-refractivity contribution is 0.103. The van der Waals surface area contributed by atoms with E-state index in [2.05, 4.69) is 15.9 Å². The summed E-state index contributed by atoms with van der Waals surface area (Å²) in [6, 6.07) is 12.1. The Kier molecular flexibility index (Phi) is 6.20. The molecular formula is C19H16BrNO4. The second kappa shape index (κ2) is 8.36. The number of ketones is 1. The van der Waals surface area contributed by atoms with Crippen LogP contribution in [-0.2, 0) is 0 Å². The molecule has 0 fully saturated rings. The van der Waals surface area contributed by atoms with E-state index in [4.69, 9.17) is 14.2 Å². The van der Waals surface area contributed by atoms with Crippen LogP contribution in [-0.4, -0.2) is 27.1 Å². The lowest BCUT2D eigenvalue weighted by atomic mass is 10.0. The molecule has 25 heavy (non-hydrogen) atoms. The number of methoxy groups -OCH3 is 3. The Bertz CT molecular complexity index is 868. The van der Waals surface area contributed by atoms with E-state index in [9.17, 15) is 10.1 Å². The standard InChI is InChI=1S/C19H16BrNO4/c1-23-16-7-5-4-6-14(16)19(22)13(11-21)8-12-9-17(24-2)18(25-3)10-15(12)20/h4-10H,1-3H3. The van der Waals surface area contributed by atoms with Gasteiger partial charge >= 0.3 is 0 Å². The number of rotatable bonds is 6. The number of para-hydroxylation sites is 1. The average molecular weight is 402 g/mol. The fraction of sp³-hybridized carbons (Fsp3) is 0.158. The summed E-state index contributed by atoms with van der Waals surface area (Å²) >= 11 is 3.42. The first-order valence-corrected chi connectivity index (χ1v) is 8.06. The average Bonchev–Trinajstić information content (AvgIpc) is 2.66. The largest absolute Gasteiger partial charge is 0.496 e. The van der Waals surface area contributed by atoms with Crippen LogP contribution in [0.5, 0.6) is 17.2 Å². The molecule has 0 aliphatic carbocycles. The van der Waals surface area contributed by atoms with Gasteiger partial charge in [-0.25, -0.2) is 0 Å². The van der Waals surface area contributed by atoms with Gasteiger partial charge in [-0.05, 0) is 35.9 Å². The van der Waals surface area contributed by atoms with E-state index in [1.807, 2.05) is 6.07 Å². The Balaban J connectivity index is 2.51. The molecule has 0 saturated carbocycles. The van der Waals surface area contributed by atoms with Crippen molar-refractivity contribution in [1.29, 1.82) is 5.26 Å². The Morgan fingerprint density at radius 1 is 1.04 bits per heavy atom. The molecule has 6 heteroatoms. The molecule has 0 saturated heterocycles. The third-order valence-electron chi connectivity index (χ3n) is 3.52. The molecular weight excluding hydrogens is 386 g/mol. The molecule has 0 aromatic heterocycles. The third kappa shape index (κ3) is 4.01. The summed E-state index contributed by atoms with van der Waals surface area (Å²) in [4.78, 5) is 12.7. The molecule has 2 rings (SSSR count). The minimum atomic E-state index is -0.415. The Hall–Kier alpha value is -2.78. The number of nitriles is 1. The van der Waals surface area contributed by atoms with E-state index in [0.717, 1.165) is 0 Å². The minimum absolute atomic E-state index is 0.0163. The summed E-state index contributed by atoms with van der Waals surface area (Å²) in [5.74, 6) is 1.04. The molecule has 0 aliphatic heterocycles. The quantitative estimate of drug-likeness (QED) is 0.410. The summed E-state index contributed by atoms with van der Waals surface area (Å²) in [6.07, 6.45) is 1.50. The van der Waals surface area contributed by atoms with Crippen molar-refractivity contribution in [2.45, 2.75) is 0 Å². The molecule has 2 aromatic rings. The molecule has 128 valence electrons. The van der Waals surface area contributed by atoms with E-state index in [-0.39, 0.29) is 5.57 Å². The number of allylic oxidation sites excluding steroid dienone is 1. The highest BCUT2D eigenvalue weighted by molar-refractivity contribution is 9.10. The van der Waals surface area contributed by atoms with Crippen LogP contribution in [0.15, 0.2) is 46.4 Å². The normalized spacial score (nSPS) is 10.8. The Morgan fingerprint density at radius 3 is 2.24 bits per heavy atom. The van der Waals surface area contributed by atoms with Crippen LogP contribution in [0.2, 0.25) is 0 Å². The van der Waals surface area contributed by atoms with Crippen molar-refractivity contribution < 1.29 is 19.0 Å². The Labute approximate surface area is 154 Å². The summed E-state index contributed by atoms with van der Waals surface area (Å²) in [5.41, 5.74) is 0.935. The number of Topliss-reactive ketones (excluding diaryl/α,β-unsaturated/α-hetero) is 1. The zero-order valence-corrected chi connectivity index (χ0v) is 15.6. The van der Waals surface area contributed by atoms with E-state index in [1.165, 1.54) is 27.4 Å². The number of ether oxygens (including phenoxy) is 3. The number of halogens is 1. The highest BCUT2D eigenvalue weighted by Gasteiger charge is 2.17. The van der Waals surface area contributed by atoms with Gasteiger partial charge in [0.2, 0.25) is 5.78 Å². The molecule has 0 aliphatic rings. The number of nitrogens with zero attached hydrogens (tertiary/aromatic N) is 1. The van der Waals surface area contributed by atoms with Gasteiger partial charge in [0.1, 0.15) is 17.4 Å². The van der Waals surface area contributed by atoms with Crippen LogP contribution in [0.1, 0.15) is 15.9 Å². The van der Waals surface area contributed by atoms with Gasteiger partial charge in [-0.2, -0.15) is 5.26 Å². The first-order valence-electron chi connectivity index (χ1n) is 7.26. The molecule has 0 bridgehead atoms. The Morgan fingerprint density at radius 2 is 1.64 bits per heavy atom. The van der Waals surface area contributed by atoms with Crippen molar-refractivity contribution >= 4 is 27.8 Å². The number of carbonyl (C=O) groups excluding carboxylic acids is 1. The summed E-state index contributed by atoms with van der Waals surface area (Å²) in [5, 5.41) is 9.45. The van der Waals surface area contributed by atoms with Gasteiger partial charge in [0, 0.05) is 4.47 Å². The van der Waals surface area contributed by atoms with Crippen LogP contribution in [0.25, 0.3) is 6.08 Å². The van der Waals surface area contributed by atoms with Crippen LogP contribution >= 0.6 is 15.9 Å².